The Morgan fingerprint density at radius 3 is 2.78 bits per heavy atom. The molecule has 1 heterocycles. The number of aromatic amines is 1. The summed E-state index contributed by atoms with van der Waals surface area (Å²) in [4.78, 5) is 23.1. The summed E-state index contributed by atoms with van der Waals surface area (Å²) in [6.07, 6.45) is 0. The van der Waals surface area contributed by atoms with E-state index in [4.69, 9.17) is 0 Å². The molecule has 0 fully saturated rings. The molecule has 8 nitrogen and oxygen atoms in total. The molecule has 0 saturated carbocycles. The number of benzene rings is 1. The van der Waals surface area contributed by atoms with Gasteiger partial charge in [-0.25, -0.2) is 4.79 Å². The van der Waals surface area contributed by atoms with Crippen LogP contribution in [-0.4, -0.2) is 39.6 Å². The van der Waals surface area contributed by atoms with Crippen molar-refractivity contribution < 1.29 is 14.3 Å². The number of hydrogen-bond donors (Lipinski definition) is 2. The van der Waals surface area contributed by atoms with Crippen molar-refractivity contribution in [3.05, 3.63) is 35.4 Å². The fourth-order valence-corrected chi connectivity index (χ4v) is 1.29. The highest BCUT2D eigenvalue weighted by Gasteiger charge is 2.12. The van der Waals surface area contributed by atoms with Crippen LogP contribution in [0.1, 0.15) is 20.7 Å². The van der Waals surface area contributed by atoms with Crippen molar-refractivity contribution in [3.63, 3.8) is 0 Å². The molecule has 1 aromatic heterocycles. The molecule has 0 aliphatic heterocycles. The second-order valence-electron chi connectivity index (χ2n) is 3.26. The first-order valence-corrected chi connectivity index (χ1v) is 4.94. The van der Waals surface area contributed by atoms with E-state index in [9.17, 15) is 9.59 Å². The summed E-state index contributed by atoms with van der Waals surface area (Å²) in [5.41, 5.74) is 0.584. The van der Waals surface area contributed by atoms with Gasteiger partial charge in [-0.15, -0.1) is 5.10 Å². The number of tetrazole rings is 1. The molecule has 8 heteroatoms. The lowest BCUT2D eigenvalue weighted by atomic mass is 10.1. The van der Waals surface area contributed by atoms with Gasteiger partial charge in [0, 0.05) is 5.56 Å². The first kappa shape index (κ1) is 11.7. The monoisotopic (exact) mass is 247 g/mol. The molecule has 0 spiro atoms. The van der Waals surface area contributed by atoms with E-state index in [0.717, 1.165) is 0 Å². The molecular weight excluding hydrogens is 238 g/mol. The maximum atomic E-state index is 11.8. The van der Waals surface area contributed by atoms with Gasteiger partial charge in [-0.3, -0.25) is 10.1 Å². The first-order chi connectivity index (χ1) is 8.70. The Morgan fingerprint density at radius 1 is 1.33 bits per heavy atom. The molecule has 0 atom stereocenters. The number of nitrogens with one attached hydrogen (secondary N) is 2. The molecule has 0 unspecified atom stereocenters. The minimum atomic E-state index is -0.510. The number of hydrogen-bond acceptors (Lipinski definition) is 6. The maximum absolute atomic E-state index is 11.8. The summed E-state index contributed by atoms with van der Waals surface area (Å²) < 4.78 is 4.57. The highest BCUT2D eigenvalue weighted by atomic mass is 16.5. The van der Waals surface area contributed by atoms with Gasteiger partial charge in [0.2, 0.25) is 0 Å². The van der Waals surface area contributed by atoms with Crippen LogP contribution >= 0.6 is 0 Å². The fourth-order valence-electron chi connectivity index (χ4n) is 1.29. The number of carbonyl (C=O) groups excluding carboxylic acids is 2. The van der Waals surface area contributed by atoms with Gasteiger partial charge < -0.3 is 4.74 Å². The van der Waals surface area contributed by atoms with Gasteiger partial charge in [-0.2, -0.15) is 5.21 Å². The Kier molecular flexibility index (Phi) is 3.28. The molecule has 0 aliphatic rings. The van der Waals surface area contributed by atoms with Crippen molar-refractivity contribution in [2.45, 2.75) is 0 Å². The van der Waals surface area contributed by atoms with Crippen LogP contribution in [0, 0.1) is 0 Å². The van der Waals surface area contributed by atoms with Crippen LogP contribution in [0.25, 0.3) is 0 Å². The van der Waals surface area contributed by atoms with Gasteiger partial charge in [-0.05, 0) is 23.4 Å². The van der Waals surface area contributed by atoms with E-state index in [2.05, 4.69) is 30.7 Å². The molecule has 0 radical (unpaired) electrons. The third-order valence-electron chi connectivity index (χ3n) is 2.12. The highest BCUT2D eigenvalue weighted by Crippen LogP contribution is 2.08. The fraction of sp³-hybridized carbons (Fsp3) is 0.100. The van der Waals surface area contributed by atoms with Crippen molar-refractivity contribution in [1.29, 1.82) is 0 Å². The second-order valence-corrected chi connectivity index (χ2v) is 3.26. The number of anilines is 1. The number of nitrogens with zero attached hydrogens (tertiary/aromatic N) is 3. The lowest BCUT2D eigenvalue weighted by molar-refractivity contribution is 0.0600. The zero-order chi connectivity index (χ0) is 13.0. The lowest BCUT2D eigenvalue weighted by Gasteiger charge is -2.03. The molecule has 2 rings (SSSR count). The zero-order valence-electron chi connectivity index (χ0n) is 9.38. The number of esters is 1. The molecule has 2 N–H and O–H groups in total. The molecule has 0 bridgehead atoms. The van der Waals surface area contributed by atoms with E-state index in [0.29, 0.717) is 11.1 Å². The van der Waals surface area contributed by atoms with E-state index in [1.807, 2.05) is 0 Å². The van der Waals surface area contributed by atoms with E-state index < -0.39 is 11.9 Å². The van der Waals surface area contributed by atoms with Crippen LogP contribution in [0.4, 0.5) is 5.95 Å². The summed E-state index contributed by atoms with van der Waals surface area (Å²) in [6, 6.07) is 6.11. The van der Waals surface area contributed by atoms with Crippen LogP contribution in [0.15, 0.2) is 24.3 Å². The van der Waals surface area contributed by atoms with Crippen LogP contribution in [0.2, 0.25) is 0 Å². The summed E-state index contributed by atoms with van der Waals surface area (Å²) in [6.45, 7) is 0. The number of aromatic nitrogens is 4. The number of methoxy groups -OCH3 is 1. The van der Waals surface area contributed by atoms with Crippen molar-refractivity contribution in [2.75, 3.05) is 12.4 Å². The van der Waals surface area contributed by atoms with Crippen LogP contribution in [0.3, 0.4) is 0 Å². The Bertz CT molecular complexity index is 567. The predicted octanol–water partition coefficient (Wildman–Crippen LogP) is 0.239. The molecule has 1 amide bonds. The van der Waals surface area contributed by atoms with Gasteiger partial charge in [0.05, 0.1) is 12.7 Å². The quantitative estimate of drug-likeness (QED) is 0.751. The molecule has 1 aromatic carbocycles. The number of amides is 1. The molecule has 0 aliphatic carbocycles. The maximum Gasteiger partial charge on any atom is 0.337 e. The number of carbonyl (C=O) groups is 2. The molecule has 18 heavy (non-hydrogen) atoms. The largest absolute Gasteiger partial charge is 0.465 e. The minimum absolute atomic E-state index is 0.0588. The Balaban J connectivity index is 2.18. The normalized spacial score (nSPS) is 9.83. The summed E-state index contributed by atoms with van der Waals surface area (Å²) >= 11 is 0. The zero-order valence-corrected chi connectivity index (χ0v) is 9.38. The average Bonchev–Trinajstić information content (AvgIpc) is 2.90. The SMILES string of the molecule is COC(=O)c1cccc(C(=O)Nc2nn[nH]n2)c1. The summed E-state index contributed by atoms with van der Waals surface area (Å²) in [5, 5.41) is 15.1. The van der Waals surface area contributed by atoms with Crippen LogP contribution < -0.4 is 5.32 Å². The van der Waals surface area contributed by atoms with E-state index >= 15 is 0 Å². The number of H-pyrrole nitrogens is 1. The van der Waals surface area contributed by atoms with E-state index in [-0.39, 0.29) is 5.95 Å². The molecule has 92 valence electrons. The van der Waals surface area contributed by atoms with Crippen molar-refractivity contribution in [3.8, 4) is 0 Å². The van der Waals surface area contributed by atoms with Gasteiger partial charge in [0.15, 0.2) is 0 Å². The predicted molar refractivity (Wildman–Crippen MR) is 59.9 cm³/mol. The van der Waals surface area contributed by atoms with Gasteiger partial charge in [0.1, 0.15) is 0 Å². The van der Waals surface area contributed by atoms with Crippen LogP contribution in [0.5, 0.6) is 0 Å². The van der Waals surface area contributed by atoms with Crippen molar-refractivity contribution >= 4 is 17.8 Å². The summed E-state index contributed by atoms with van der Waals surface area (Å²) in [7, 11) is 1.27. The molecular formula is C10H9N5O3. The van der Waals surface area contributed by atoms with Crippen molar-refractivity contribution in [2.24, 2.45) is 0 Å². The minimum Gasteiger partial charge on any atom is -0.465 e. The Morgan fingerprint density at radius 2 is 2.11 bits per heavy atom. The lowest BCUT2D eigenvalue weighted by Crippen LogP contribution is -2.14. The average molecular weight is 247 g/mol. The second kappa shape index (κ2) is 5.04. The van der Waals surface area contributed by atoms with Gasteiger partial charge >= 0.3 is 5.97 Å². The molecule has 2 aromatic rings. The highest BCUT2D eigenvalue weighted by molar-refractivity contribution is 6.04. The first-order valence-electron chi connectivity index (χ1n) is 4.94. The van der Waals surface area contributed by atoms with Crippen LogP contribution in [-0.2, 0) is 4.74 Å². The Hall–Kier alpha value is -2.77. The third-order valence-corrected chi connectivity index (χ3v) is 2.12. The number of rotatable bonds is 3. The van der Waals surface area contributed by atoms with Crippen molar-refractivity contribution in [1.82, 2.24) is 20.6 Å². The standard InChI is InChI=1S/C10H9N5O3/c1-18-9(17)7-4-2-3-6(5-7)8(16)11-10-12-14-15-13-10/h2-5H,1H3,(H2,11,12,13,14,15,16). The smallest absolute Gasteiger partial charge is 0.337 e. The number of ether oxygens (including phenoxy) is 1. The summed E-state index contributed by atoms with van der Waals surface area (Å²) in [5.74, 6) is -0.894. The van der Waals surface area contributed by atoms with Gasteiger partial charge in [0.25, 0.3) is 11.9 Å². The van der Waals surface area contributed by atoms with E-state index in [1.54, 1.807) is 18.2 Å². The van der Waals surface area contributed by atoms with Gasteiger partial charge in [-0.1, -0.05) is 11.2 Å². The third kappa shape index (κ3) is 2.48. The Labute approximate surface area is 101 Å². The van der Waals surface area contributed by atoms with E-state index in [1.165, 1.54) is 13.2 Å². The molecule has 0 saturated heterocycles. The topological polar surface area (TPSA) is 110 Å².